The maximum absolute atomic E-state index is 13.2. The Bertz CT molecular complexity index is 1710. The molecule has 2 N–H and O–H groups in total. The number of hydrogen-bond donors (Lipinski definition) is 2. The van der Waals surface area contributed by atoms with E-state index in [0.29, 0.717) is 21.5 Å². The molecule has 10 heteroatoms. The summed E-state index contributed by atoms with van der Waals surface area (Å²) in [5.41, 5.74) is 1.24. The first-order chi connectivity index (χ1) is 19.3. The van der Waals surface area contributed by atoms with Crippen LogP contribution < -0.4 is 19.7 Å². The molecule has 0 atom stereocenters. The van der Waals surface area contributed by atoms with Crippen molar-refractivity contribution < 1.29 is 33.8 Å². The van der Waals surface area contributed by atoms with Crippen molar-refractivity contribution in [3.05, 3.63) is 106 Å². The van der Waals surface area contributed by atoms with Crippen molar-refractivity contribution in [2.75, 3.05) is 12.0 Å². The molecular formula is C30H21BrN2O7. The third-order valence-corrected chi connectivity index (χ3v) is 6.88. The lowest BCUT2D eigenvalue weighted by Gasteiger charge is -2.26. The van der Waals surface area contributed by atoms with E-state index in [0.717, 1.165) is 21.2 Å². The fourth-order valence-electron chi connectivity index (χ4n) is 4.34. The number of rotatable bonds is 7. The normalized spacial score (nSPS) is 14.4. The van der Waals surface area contributed by atoms with Gasteiger partial charge in [-0.2, -0.15) is 0 Å². The van der Waals surface area contributed by atoms with Crippen molar-refractivity contribution in [2.24, 2.45) is 0 Å². The first-order valence-electron chi connectivity index (χ1n) is 12.0. The molecule has 4 amide bonds. The maximum atomic E-state index is 13.2. The van der Waals surface area contributed by atoms with Crippen molar-refractivity contribution in [2.45, 2.75) is 6.61 Å². The number of carbonyl (C=O) groups excluding carboxylic acids is 3. The molecule has 0 radical (unpaired) electrons. The van der Waals surface area contributed by atoms with Gasteiger partial charge >= 0.3 is 12.0 Å². The van der Waals surface area contributed by atoms with Crippen molar-refractivity contribution in [1.82, 2.24) is 5.32 Å². The summed E-state index contributed by atoms with van der Waals surface area (Å²) in [5.74, 6) is -2.07. The van der Waals surface area contributed by atoms with Crippen LogP contribution in [-0.4, -0.2) is 36.0 Å². The number of nitrogens with zero attached hydrogens (tertiary/aromatic N) is 1. The van der Waals surface area contributed by atoms with Gasteiger partial charge in [0, 0.05) is 0 Å². The molecule has 9 nitrogen and oxygen atoms in total. The number of benzene rings is 4. The number of barbiturate groups is 1. The molecule has 0 aliphatic carbocycles. The second kappa shape index (κ2) is 11.0. The van der Waals surface area contributed by atoms with Crippen LogP contribution in [0.15, 0.2) is 88.9 Å². The molecule has 5 rings (SSSR count). The summed E-state index contributed by atoms with van der Waals surface area (Å²) in [5, 5.41) is 13.4. The fraction of sp³-hybridized carbons (Fsp3) is 0.0667. The topological polar surface area (TPSA) is 122 Å². The number of carboxylic acid groups (broad SMARTS) is 1. The third kappa shape index (κ3) is 5.16. The minimum atomic E-state index is -1.15. The van der Waals surface area contributed by atoms with Gasteiger partial charge in [0.15, 0.2) is 11.5 Å². The van der Waals surface area contributed by atoms with Gasteiger partial charge in [0.05, 0.1) is 22.8 Å². The Kier molecular flexibility index (Phi) is 7.35. The van der Waals surface area contributed by atoms with Crippen molar-refractivity contribution in [1.29, 1.82) is 0 Å². The standard InChI is InChI=1S/C30H21BrN2O7/c1-39-25-15-17(14-24(31)26(25)40-16-20-7-4-6-18-5-2-3-8-22(18)20)13-23-27(34)32-30(38)33(28(23)35)21-11-9-19(10-12-21)29(36)37/h2-15H,16H2,1H3,(H,36,37)(H,32,34,38)/b23-13+. The van der Waals surface area contributed by atoms with E-state index >= 15 is 0 Å². The lowest BCUT2D eigenvalue weighted by atomic mass is 10.1. The Hall–Kier alpha value is -4.96. The molecule has 0 aromatic heterocycles. The Labute approximate surface area is 236 Å². The Morgan fingerprint density at radius 1 is 1.00 bits per heavy atom. The van der Waals surface area contributed by atoms with E-state index < -0.39 is 23.8 Å². The first-order valence-corrected chi connectivity index (χ1v) is 12.8. The molecule has 1 aliphatic rings. The molecule has 200 valence electrons. The zero-order valence-corrected chi connectivity index (χ0v) is 22.6. The number of urea groups is 1. The number of halogens is 1. The van der Waals surface area contributed by atoms with Gasteiger partial charge in [0.2, 0.25) is 0 Å². The van der Waals surface area contributed by atoms with Crippen molar-refractivity contribution in [3.63, 3.8) is 0 Å². The molecule has 1 aliphatic heterocycles. The first kappa shape index (κ1) is 26.6. The zero-order valence-electron chi connectivity index (χ0n) is 21.0. The van der Waals surface area contributed by atoms with Gasteiger partial charge < -0.3 is 14.6 Å². The molecule has 0 saturated carbocycles. The number of methoxy groups -OCH3 is 1. The Morgan fingerprint density at radius 3 is 2.45 bits per heavy atom. The Balaban J connectivity index is 1.43. The van der Waals surface area contributed by atoms with Crippen LogP contribution in [0.4, 0.5) is 10.5 Å². The van der Waals surface area contributed by atoms with Crippen LogP contribution in [0.1, 0.15) is 21.5 Å². The summed E-state index contributed by atoms with van der Waals surface area (Å²) < 4.78 is 12.2. The largest absolute Gasteiger partial charge is 0.493 e. The highest BCUT2D eigenvalue weighted by Crippen LogP contribution is 2.38. The van der Waals surface area contributed by atoms with Crippen molar-refractivity contribution in [3.8, 4) is 11.5 Å². The molecule has 4 aromatic carbocycles. The lowest BCUT2D eigenvalue weighted by molar-refractivity contribution is -0.122. The molecule has 1 fully saturated rings. The fourth-order valence-corrected chi connectivity index (χ4v) is 4.92. The number of carbonyl (C=O) groups is 4. The highest BCUT2D eigenvalue weighted by atomic mass is 79.9. The van der Waals surface area contributed by atoms with Crippen molar-refractivity contribution >= 4 is 62.3 Å². The van der Waals surface area contributed by atoms with Gasteiger partial charge in [-0.15, -0.1) is 0 Å². The number of nitrogens with one attached hydrogen (secondary N) is 1. The number of anilines is 1. The van der Waals surface area contributed by atoms with Crippen LogP contribution in [0.3, 0.4) is 0 Å². The second-order valence-electron chi connectivity index (χ2n) is 8.77. The number of fused-ring (bicyclic) bond motifs is 1. The minimum Gasteiger partial charge on any atom is -0.493 e. The smallest absolute Gasteiger partial charge is 0.335 e. The van der Waals surface area contributed by atoms with Gasteiger partial charge in [0.25, 0.3) is 11.8 Å². The summed E-state index contributed by atoms with van der Waals surface area (Å²) in [6.45, 7) is 0.273. The van der Waals surface area contributed by atoms with Gasteiger partial charge in [-0.1, -0.05) is 42.5 Å². The monoisotopic (exact) mass is 600 g/mol. The highest BCUT2D eigenvalue weighted by Gasteiger charge is 2.37. The van der Waals surface area contributed by atoms with Crippen LogP contribution in [0.2, 0.25) is 0 Å². The maximum Gasteiger partial charge on any atom is 0.335 e. The zero-order chi connectivity index (χ0) is 28.4. The number of carboxylic acids is 1. The number of aromatic carboxylic acids is 1. The lowest BCUT2D eigenvalue weighted by Crippen LogP contribution is -2.54. The molecule has 1 heterocycles. The quantitative estimate of drug-likeness (QED) is 0.210. The molecule has 40 heavy (non-hydrogen) atoms. The van der Waals surface area contributed by atoms with E-state index in [2.05, 4.69) is 21.2 Å². The van der Waals surface area contributed by atoms with Gasteiger partial charge in [-0.05, 0) is 80.3 Å². The van der Waals surface area contributed by atoms with E-state index in [1.165, 1.54) is 37.5 Å². The summed E-state index contributed by atoms with van der Waals surface area (Å²) in [4.78, 5) is 50.3. The Morgan fingerprint density at radius 2 is 1.73 bits per heavy atom. The SMILES string of the molecule is COc1cc(/C=C2\C(=O)NC(=O)N(c3ccc(C(=O)O)cc3)C2=O)cc(Br)c1OCc1cccc2ccccc12. The van der Waals surface area contributed by atoms with Crippen LogP contribution in [0.5, 0.6) is 11.5 Å². The predicted octanol–water partition coefficient (Wildman–Crippen LogP) is 5.55. The second-order valence-corrected chi connectivity index (χ2v) is 9.63. The molecule has 4 aromatic rings. The number of ether oxygens (including phenoxy) is 2. The van der Waals surface area contributed by atoms with Gasteiger partial charge in [0.1, 0.15) is 12.2 Å². The summed E-state index contributed by atoms with van der Waals surface area (Å²) in [6, 6.07) is 21.5. The summed E-state index contributed by atoms with van der Waals surface area (Å²) in [7, 11) is 1.48. The molecule has 1 saturated heterocycles. The summed E-state index contributed by atoms with van der Waals surface area (Å²) >= 11 is 3.50. The average Bonchev–Trinajstić information content (AvgIpc) is 2.94. The number of amides is 4. The van der Waals surface area contributed by atoms with E-state index in [1.54, 1.807) is 12.1 Å². The molecule has 0 spiro atoms. The van der Waals surface area contributed by atoms with Crippen LogP contribution in [-0.2, 0) is 16.2 Å². The minimum absolute atomic E-state index is 0.0137. The van der Waals surface area contributed by atoms with E-state index in [1.807, 2.05) is 42.5 Å². The summed E-state index contributed by atoms with van der Waals surface area (Å²) in [6.07, 6.45) is 1.34. The van der Waals surface area contributed by atoms with E-state index in [-0.39, 0.29) is 23.4 Å². The molecular weight excluding hydrogens is 580 g/mol. The van der Waals surface area contributed by atoms with E-state index in [4.69, 9.17) is 14.6 Å². The predicted molar refractivity (Wildman–Crippen MR) is 151 cm³/mol. The number of imide groups is 2. The number of hydrogen-bond acceptors (Lipinski definition) is 6. The van der Waals surface area contributed by atoms with Gasteiger partial charge in [-0.3, -0.25) is 14.9 Å². The third-order valence-electron chi connectivity index (χ3n) is 6.29. The van der Waals surface area contributed by atoms with Crippen LogP contribution in [0, 0.1) is 0 Å². The average molecular weight is 601 g/mol. The highest BCUT2D eigenvalue weighted by molar-refractivity contribution is 9.10. The van der Waals surface area contributed by atoms with Crippen LogP contribution >= 0.6 is 15.9 Å². The van der Waals surface area contributed by atoms with Gasteiger partial charge in [-0.25, -0.2) is 14.5 Å². The molecule has 0 bridgehead atoms. The molecule has 0 unspecified atom stereocenters. The van der Waals surface area contributed by atoms with Crippen LogP contribution in [0.25, 0.3) is 16.8 Å². The van der Waals surface area contributed by atoms with E-state index in [9.17, 15) is 19.2 Å².